The molecule has 3 atom stereocenters. The number of rotatable bonds is 7. The summed E-state index contributed by atoms with van der Waals surface area (Å²) in [7, 11) is 2.82. The Balaban J connectivity index is 1.97. The number of amides is 1. The van der Waals surface area contributed by atoms with Crippen LogP contribution in [0.4, 0.5) is 13.2 Å². The molecule has 0 bridgehead atoms. The number of nitrogens with two attached hydrogens (primary N) is 1. The third-order valence-corrected chi connectivity index (χ3v) is 5.13. The van der Waals surface area contributed by atoms with Crippen LogP contribution in [-0.4, -0.2) is 44.1 Å². The highest BCUT2D eigenvalue weighted by atomic mass is 19.4. The van der Waals surface area contributed by atoms with Gasteiger partial charge < -0.3 is 19.3 Å². The van der Waals surface area contributed by atoms with Gasteiger partial charge >= 0.3 is 6.18 Å². The van der Waals surface area contributed by atoms with Crippen molar-refractivity contribution in [2.45, 2.75) is 24.2 Å². The fourth-order valence-electron chi connectivity index (χ4n) is 3.62. The van der Waals surface area contributed by atoms with E-state index < -0.39 is 30.1 Å². The third kappa shape index (κ3) is 4.82. The van der Waals surface area contributed by atoms with E-state index in [4.69, 9.17) is 20.1 Å². The second kappa shape index (κ2) is 9.51. The van der Waals surface area contributed by atoms with Crippen LogP contribution in [0.5, 0.6) is 23.0 Å². The van der Waals surface area contributed by atoms with E-state index in [0.717, 1.165) is 0 Å². The number of phenols is 1. The molecule has 12 heteroatoms. The van der Waals surface area contributed by atoms with Gasteiger partial charge in [-0.2, -0.15) is 13.2 Å². The smallest absolute Gasteiger partial charge is 0.405 e. The lowest BCUT2D eigenvalue weighted by molar-refractivity contribution is -0.156. The third-order valence-electron chi connectivity index (χ3n) is 5.13. The number of carbonyl (C=O) groups excluding carboxylic acids is 1. The maximum absolute atomic E-state index is 13.8. The van der Waals surface area contributed by atoms with E-state index in [-0.39, 0.29) is 29.4 Å². The van der Waals surface area contributed by atoms with Gasteiger partial charge in [0.1, 0.15) is 17.5 Å². The van der Waals surface area contributed by atoms with Crippen LogP contribution in [-0.2, 0) is 4.79 Å². The molecule has 2 aromatic rings. The van der Waals surface area contributed by atoms with E-state index in [1.165, 1.54) is 50.6 Å². The number of ether oxygens (including phenoxy) is 3. The molecule has 174 valence electrons. The highest BCUT2D eigenvalue weighted by molar-refractivity contribution is 5.76. The molecule has 1 fully saturated rings. The molecule has 1 aliphatic rings. The minimum atomic E-state index is -4.58. The van der Waals surface area contributed by atoms with Crippen LogP contribution in [0.15, 0.2) is 36.4 Å². The summed E-state index contributed by atoms with van der Waals surface area (Å²) in [4.78, 5) is 11.2. The molecule has 1 saturated heterocycles. The van der Waals surface area contributed by atoms with Gasteiger partial charge in [0, 0.05) is 17.5 Å². The molecule has 0 radical (unpaired) electrons. The number of phenolic OH excluding ortho intramolecular Hbond substituents is 1. The number of hydrogen-bond donors (Lipinski definition) is 5. The van der Waals surface area contributed by atoms with Gasteiger partial charge in [-0.05, 0) is 23.8 Å². The number of hydrogen-bond acceptors (Lipinski definition) is 8. The van der Waals surface area contributed by atoms with Gasteiger partial charge in [0.25, 0.3) is 5.91 Å². The van der Waals surface area contributed by atoms with E-state index in [0.29, 0.717) is 11.3 Å². The summed E-state index contributed by atoms with van der Waals surface area (Å²) < 4.78 is 57.0. The van der Waals surface area contributed by atoms with Crippen molar-refractivity contribution in [1.82, 2.24) is 16.3 Å². The van der Waals surface area contributed by atoms with E-state index in [9.17, 15) is 23.1 Å². The van der Waals surface area contributed by atoms with Crippen molar-refractivity contribution in [3.05, 3.63) is 47.5 Å². The van der Waals surface area contributed by atoms with Crippen LogP contribution in [0, 0.1) is 0 Å². The first-order valence-corrected chi connectivity index (χ1v) is 9.44. The quantitative estimate of drug-likeness (QED) is 0.242. The summed E-state index contributed by atoms with van der Waals surface area (Å²) in [5.74, 6) is 3.75. The molecule has 1 heterocycles. The predicted molar refractivity (Wildman–Crippen MR) is 107 cm³/mol. The molecule has 3 rings (SSSR count). The Morgan fingerprint density at radius 3 is 2.44 bits per heavy atom. The van der Waals surface area contributed by atoms with Crippen molar-refractivity contribution in [2.75, 3.05) is 20.8 Å². The Hall–Kier alpha value is -3.22. The van der Waals surface area contributed by atoms with Gasteiger partial charge in [-0.3, -0.25) is 10.2 Å². The van der Waals surface area contributed by atoms with Gasteiger partial charge in [-0.25, -0.2) is 16.7 Å². The minimum Gasteiger partial charge on any atom is -0.507 e. The van der Waals surface area contributed by atoms with Crippen LogP contribution < -0.4 is 36.3 Å². The van der Waals surface area contributed by atoms with Crippen molar-refractivity contribution < 1.29 is 37.3 Å². The molecule has 0 saturated carbocycles. The topological polar surface area (TPSA) is 127 Å². The zero-order valence-corrected chi connectivity index (χ0v) is 17.2. The number of methoxy groups -OCH3 is 2. The lowest BCUT2D eigenvalue weighted by Crippen LogP contribution is -2.43. The first-order valence-electron chi connectivity index (χ1n) is 9.44. The van der Waals surface area contributed by atoms with E-state index in [1.54, 1.807) is 0 Å². The molecule has 0 spiro atoms. The second-order valence-electron chi connectivity index (χ2n) is 7.00. The molecule has 0 aliphatic carbocycles. The normalized spacial score (nSPS) is 20.6. The zero-order chi connectivity index (χ0) is 23.5. The predicted octanol–water partition coefficient (Wildman–Crippen LogP) is 1.64. The largest absolute Gasteiger partial charge is 0.507 e. The van der Waals surface area contributed by atoms with Crippen molar-refractivity contribution in [2.24, 2.45) is 5.84 Å². The van der Waals surface area contributed by atoms with Crippen LogP contribution in [0.2, 0.25) is 0 Å². The average molecular weight is 456 g/mol. The molecular formula is C20H23F3N4O5. The second-order valence-corrected chi connectivity index (χ2v) is 7.00. The maximum atomic E-state index is 13.8. The van der Waals surface area contributed by atoms with Crippen molar-refractivity contribution >= 4 is 5.91 Å². The molecule has 1 aliphatic heterocycles. The summed E-state index contributed by atoms with van der Waals surface area (Å²) in [5.41, 5.74) is 7.36. The number of alkyl halides is 3. The standard InChI is InChI=1S/C20H23F3N4O5/c1-30-14-6-3-10(7-15(14)31-2)17-18(26-27-19(17)20(21,22)23)12-5-4-11(8-13(12)28)32-9-16(29)25-24/h3-8,17-19,26-28H,9,24H2,1-2H3,(H,25,29). The molecule has 3 unspecified atom stereocenters. The zero-order valence-electron chi connectivity index (χ0n) is 17.2. The summed E-state index contributed by atoms with van der Waals surface area (Å²) in [6, 6.07) is 5.72. The number of aromatic hydroxyl groups is 1. The Morgan fingerprint density at radius 1 is 1.12 bits per heavy atom. The molecule has 1 amide bonds. The van der Waals surface area contributed by atoms with Gasteiger partial charge in [0.05, 0.1) is 20.3 Å². The molecule has 0 aromatic heterocycles. The number of carbonyl (C=O) groups is 1. The number of benzene rings is 2. The van der Waals surface area contributed by atoms with Gasteiger partial charge in [0.15, 0.2) is 18.1 Å². The number of halogens is 3. The number of nitrogens with one attached hydrogen (secondary N) is 3. The van der Waals surface area contributed by atoms with Gasteiger partial charge in [-0.1, -0.05) is 12.1 Å². The summed E-state index contributed by atoms with van der Waals surface area (Å²) in [6.45, 7) is -0.386. The van der Waals surface area contributed by atoms with E-state index in [2.05, 4.69) is 10.9 Å². The Morgan fingerprint density at radius 2 is 1.84 bits per heavy atom. The van der Waals surface area contributed by atoms with Crippen LogP contribution >= 0.6 is 0 Å². The summed E-state index contributed by atoms with van der Waals surface area (Å²) >= 11 is 0. The maximum Gasteiger partial charge on any atom is 0.405 e. The summed E-state index contributed by atoms with van der Waals surface area (Å²) in [5, 5.41) is 10.5. The molecule has 32 heavy (non-hydrogen) atoms. The molecule has 2 aromatic carbocycles. The van der Waals surface area contributed by atoms with Crippen LogP contribution in [0.25, 0.3) is 0 Å². The van der Waals surface area contributed by atoms with Crippen molar-refractivity contribution in [3.8, 4) is 23.0 Å². The first kappa shape index (κ1) is 23.4. The molecular weight excluding hydrogens is 433 g/mol. The van der Waals surface area contributed by atoms with Gasteiger partial charge in [-0.15, -0.1) is 0 Å². The van der Waals surface area contributed by atoms with E-state index in [1.807, 2.05) is 5.43 Å². The fraction of sp³-hybridized carbons (Fsp3) is 0.350. The highest BCUT2D eigenvalue weighted by Crippen LogP contribution is 2.47. The van der Waals surface area contributed by atoms with Crippen molar-refractivity contribution in [1.29, 1.82) is 0 Å². The first-order chi connectivity index (χ1) is 15.2. The number of hydrazine groups is 2. The Labute approximate surface area is 181 Å². The van der Waals surface area contributed by atoms with Crippen LogP contribution in [0.3, 0.4) is 0 Å². The minimum absolute atomic E-state index is 0.149. The average Bonchev–Trinajstić information content (AvgIpc) is 3.22. The lowest BCUT2D eigenvalue weighted by Gasteiger charge is -2.26. The fourth-order valence-corrected chi connectivity index (χ4v) is 3.62. The lowest BCUT2D eigenvalue weighted by atomic mass is 9.83. The highest BCUT2D eigenvalue weighted by Gasteiger charge is 2.52. The molecule has 9 nitrogen and oxygen atoms in total. The van der Waals surface area contributed by atoms with E-state index >= 15 is 0 Å². The van der Waals surface area contributed by atoms with Crippen LogP contribution in [0.1, 0.15) is 23.1 Å². The molecule has 6 N–H and O–H groups in total. The Kier molecular flexibility index (Phi) is 6.96. The SMILES string of the molecule is COc1ccc(C2C(c3ccc(OCC(=O)NN)cc3O)NNC2C(F)(F)F)cc1OC. The summed E-state index contributed by atoms with van der Waals surface area (Å²) in [6.07, 6.45) is -4.58. The van der Waals surface area contributed by atoms with Gasteiger partial charge in [0.2, 0.25) is 0 Å². The Bertz CT molecular complexity index is 973. The monoisotopic (exact) mass is 456 g/mol. The van der Waals surface area contributed by atoms with Crippen molar-refractivity contribution in [3.63, 3.8) is 0 Å².